The van der Waals surface area contributed by atoms with Crippen LogP contribution in [-0.2, 0) is 12.8 Å². The van der Waals surface area contributed by atoms with E-state index in [0.717, 1.165) is 40.4 Å². The molecule has 4 aromatic carbocycles. The van der Waals surface area contributed by atoms with Crippen LogP contribution in [0.3, 0.4) is 0 Å². The number of hydrogen-bond acceptors (Lipinski definition) is 2. The zero-order valence-corrected chi connectivity index (χ0v) is 15.2. The summed E-state index contributed by atoms with van der Waals surface area (Å²) in [6.45, 7) is 0. The van der Waals surface area contributed by atoms with Gasteiger partial charge in [0.1, 0.15) is 0 Å². The Bertz CT molecular complexity index is 1300. The molecule has 0 heterocycles. The molecule has 4 heteroatoms. The second-order valence-corrected chi connectivity index (χ2v) is 7.02. The summed E-state index contributed by atoms with van der Waals surface area (Å²) in [5.74, 6) is 0.327. The fraction of sp³-hybridized carbons (Fsp3) is 0.0833. The number of hydrogen-bond donors (Lipinski definition) is 2. The van der Waals surface area contributed by atoms with Gasteiger partial charge in [0, 0.05) is 21.8 Å². The van der Waals surface area contributed by atoms with Gasteiger partial charge in [0.15, 0.2) is 5.96 Å². The van der Waals surface area contributed by atoms with Crippen molar-refractivity contribution in [3.05, 3.63) is 83.4 Å². The van der Waals surface area contributed by atoms with Crippen molar-refractivity contribution in [1.82, 2.24) is 0 Å². The average Bonchev–Trinajstić information content (AvgIpc) is 3.15. The highest BCUT2D eigenvalue weighted by atomic mass is 15.1. The van der Waals surface area contributed by atoms with Crippen molar-refractivity contribution in [2.45, 2.75) is 12.8 Å². The maximum atomic E-state index is 9.33. The van der Waals surface area contributed by atoms with E-state index in [2.05, 4.69) is 40.6 Å². The van der Waals surface area contributed by atoms with Crippen molar-refractivity contribution >= 4 is 38.9 Å². The molecule has 3 N–H and O–H groups in total. The van der Waals surface area contributed by atoms with E-state index in [1.54, 1.807) is 6.07 Å². The summed E-state index contributed by atoms with van der Waals surface area (Å²) in [5.41, 5.74) is 11.4. The lowest BCUT2D eigenvalue weighted by Crippen LogP contribution is -2.22. The molecule has 4 nitrogen and oxygen atoms in total. The summed E-state index contributed by atoms with van der Waals surface area (Å²) in [6.07, 6.45) is 2.18. The SMILES string of the molecule is N#Cc1ccc(NC(N)=Nc2ccc3c4c(cccc24)CC3)c2ccccc12. The van der Waals surface area contributed by atoms with Gasteiger partial charge in [-0.25, -0.2) is 4.99 Å². The standard InChI is InChI=1S/C24H18N4/c25-14-17-11-13-21(19-6-2-1-5-18(17)19)27-24(26)28-22-12-10-16-9-8-15-4-3-7-20(22)23(15)16/h1-7,10-13H,8-9H2,(H3,26,27,28). The predicted octanol–water partition coefficient (Wildman–Crippen LogP) is 5.02. The highest BCUT2D eigenvalue weighted by Gasteiger charge is 2.15. The monoisotopic (exact) mass is 362 g/mol. The van der Waals surface area contributed by atoms with Crippen molar-refractivity contribution in [1.29, 1.82) is 5.26 Å². The quantitative estimate of drug-likeness (QED) is 0.388. The van der Waals surface area contributed by atoms with Gasteiger partial charge in [0.2, 0.25) is 0 Å². The number of nitrogens with two attached hydrogens (primary N) is 1. The van der Waals surface area contributed by atoms with Crippen LogP contribution in [-0.4, -0.2) is 5.96 Å². The van der Waals surface area contributed by atoms with Gasteiger partial charge in [-0.05, 0) is 47.6 Å². The first-order chi connectivity index (χ1) is 13.7. The molecule has 0 fully saturated rings. The Hall–Kier alpha value is -3.84. The Labute approximate surface area is 162 Å². The number of guanidine groups is 1. The first kappa shape index (κ1) is 16.3. The van der Waals surface area contributed by atoms with Gasteiger partial charge in [-0.3, -0.25) is 0 Å². The molecule has 1 aliphatic carbocycles. The van der Waals surface area contributed by atoms with E-state index in [1.807, 2.05) is 36.4 Å². The molecule has 0 saturated heterocycles. The molecule has 0 spiro atoms. The second kappa shape index (κ2) is 6.40. The Balaban J connectivity index is 1.57. The highest BCUT2D eigenvalue weighted by molar-refractivity contribution is 6.06. The second-order valence-electron chi connectivity index (χ2n) is 7.02. The summed E-state index contributed by atoms with van der Waals surface area (Å²) in [6, 6.07) is 24.3. The molecule has 0 aliphatic heterocycles. The van der Waals surface area contributed by atoms with Gasteiger partial charge in [-0.2, -0.15) is 5.26 Å². The summed E-state index contributed by atoms with van der Waals surface area (Å²) >= 11 is 0. The van der Waals surface area contributed by atoms with Crippen LogP contribution < -0.4 is 11.1 Å². The predicted molar refractivity (Wildman–Crippen MR) is 115 cm³/mol. The van der Waals surface area contributed by atoms with Crippen LogP contribution in [0.25, 0.3) is 21.5 Å². The zero-order chi connectivity index (χ0) is 19.1. The third-order valence-electron chi connectivity index (χ3n) is 5.40. The number of anilines is 1. The molecule has 4 aromatic rings. The lowest BCUT2D eigenvalue weighted by Gasteiger charge is -2.11. The molecule has 0 radical (unpaired) electrons. The molecule has 0 bridgehead atoms. The zero-order valence-electron chi connectivity index (χ0n) is 15.2. The number of aliphatic imine (C=N–C) groups is 1. The topological polar surface area (TPSA) is 74.2 Å². The van der Waals surface area contributed by atoms with Crippen molar-refractivity contribution in [2.75, 3.05) is 5.32 Å². The van der Waals surface area contributed by atoms with E-state index in [-0.39, 0.29) is 0 Å². The Morgan fingerprint density at radius 1 is 0.857 bits per heavy atom. The molecule has 28 heavy (non-hydrogen) atoms. The number of rotatable bonds is 2. The van der Waals surface area contributed by atoms with E-state index in [9.17, 15) is 5.26 Å². The smallest absolute Gasteiger partial charge is 0.198 e. The number of nitriles is 1. The fourth-order valence-electron chi connectivity index (χ4n) is 4.13. The molecular formula is C24H18N4. The highest BCUT2D eigenvalue weighted by Crippen LogP contribution is 2.36. The van der Waals surface area contributed by atoms with Gasteiger partial charge >= 0.3 is 0 Å². The minimum atomic E-state index is 0.327. The van der Waals surface area contributed by atoms with Crippen LogP contribution in [0.15, 0.2) is 71.7 Å². The number of fused-ring (bicyclic) bond motifs is 1. The van der Waals surface area contributed by atoms with Crippen molar-refractivity contribution in [3.8, 4) is 6.07 Å². The van der Waals surface area contributed by atoms with Gasteiger partial charge in [0.25, 0.3) is 0 Å². The van der Waals surface area contributed by atoms with E-state index in [0.29, 0.717) is 11.5 Å². The molecule has 1 aliphatic rings. The van der Waals surface area contributed by atoms with Crippen molar-refractivity contribution in [2.24, 2.45) is 10.7 Å². The van der Waals surface area contributed by atoms with Crippen LogP contribution >= 0.6 is 0 Å². The normalized spacial score (nSPS) is 13.0. The average molecular weight is 362 g/mol. The van der Waals surface area contributed by atoms with Gasteiger partial charge in [-0.15, -0.1) is 0 Å². The van der Waals surface area contributed by atoms with Gasteiger partial charge in [0.05, 0.1) is 17.3 Å². The van der Waals surface area contributed by atoms with E-state index < -0.39 is 0 Å². The van der Waals surface area contributed by atoms with Gasteiger partial charge in [-0.1, -0.05) is 48.5 Å². The molecule has 0 aromatic heterocycles. The number of nitrogens with zero attached hydrogens (tertiary/aromatic N) is 2. The fourth-order valence-corrected chi connectivity index (χ4v) is 4.13. The van der Waals surface area contributed by atoms with Crippen LogP contribution in [0.4, 0.5) is 11.4 Å². The maximum Gasteiger partial charge on any atom is 0.198 e. The van der Waals surface area contributed by atoms with Crippen molar-refractivity contribution < 1.29 is 0 Å². The summed E-state index contributed by atoms with van der Waals surface area (Å²) in [5, 5.41) is 16.8. The minimum absolute atomic E-state index is 0.327. The van der Waals surface area contributed by atoms with E-state index in [4.69, 9.17) is 5.73 Å². The third kappa shape index (κ3) is 2.57. The summed E-state index contributed by atoms with van der Waals surface area (Å²) < 4.78 is 0. The molecule has 0 saturated carbocycles. The summed E-state index contributed by atoms with van der Waals surface area (Å²) in [7, 11) is 0. The largest absolute Gasteiger partial charge is 0.369 e. The van der Waals surface area contributed by atoms with Crippen LogP contribution in [0.1, 0.15) is 16.7 Å². The molecular weight excluding hydrogens is 344 g/mol. The number of nitrogens with one attached hydrogen (secondary N) is 1. The van der Waals surface area contributed by atoms with Crippen molar-refractivity contribution in [3.63, 3.8) is 0 Å². The lowest BCUT2D eigenvalue weighted by molar-refractivity contribution is 1.02. The summed E-state index contributed by atoms with van der Waals surface area (Å²) in [4.78, 5) is 4.66. The first-order valence-corrected chi connectivity index (χ1v) is 9.31. The molecule has 0 amide bonds. The lowest BCUT2D eigenvalue weighted by atomic mass is 10.0. The van der Waals surface area contributed by atoms with E-state index in [1.165, 1.54) is 16.5 Å². The van der Waals surface area contributed by atoms with E-state index >= 15 is 0 Å². The third-order valence-corrected chi connectivity index (χ3v) is 5.40. The Morgan fingerprint density at radius 3 is 2.43 bits per heavy atom. The maximum absolute atomic E-state index is 9.33. The van der Waals surface area contributed by atoms with Gasteiger partial charge < -0.3 is 11.1 Å². The molecule has 134 valence electrons. The molecule has 0 unspecified atom stereocenters. The minimum Gasteiger partial charge on any atom is -0.369 e. The van der Waals surface area contributed by atoms with Crippen LogP contribution in [0.5, 0.6) is 0 Å². The number of benzene rings is 4. The first-order valence-electron chi connectivity index (χ1n) is 9.31. The van der Waals surface area contributed by atoms with Crippen LogP contribution in [0, 0.1) is 11.3 Å². The Kier molecular flexibility index (Phi) is 3.73. The Morgan fingerprint density at radius 2 is 1.61 bits per heavy atom. The van der Waals surface area contributed by atoms with Crippen LogP contribution in [0.2, 0.25) is 0 Å². The molecule has 0 atom stereocenters. The molecule has 5 rings (SSSR count). The number of aryl methyl sites for hydroxylation is 2.